The summed E-state index contributed by atoms with van der Waals surface area (Å²) >= 11 is 0. The zero-order valence-electron chi connectivity index (χ0n) is 12.6. The molecule has 120 valence electrons. The SMILES string of the molecule is C=C[C@]1(O)CCCC[C@H]1C(OC(=O)N(CC)CC)=C(F)F. The van der Waals surface area contributed by atoms with Crippen molar-refractivity contribution in [2.75, 3.05) is 13.1 Å². The molecule has 1 amide bonds. The van der Waals surface area contributed by atoms with Crippen LogP contribution in [0.4, 0.5) is 13.6 Å². The molecule has 0 bridgehead atoms. The molecule has 2 atom stereocenters. The van der Waals surface area contributed by atoms with Gasteiger partial charge in [0.25, 0.3) is 0 Å². The smallest absolute Gasteiger partial charge is 0.409 e. The molecule has 0 heterocycles. The first kappa shape index (κ1) is 17.6. The van der Waals surface area contributed by atoms with E-state index >= 15 is 0 Å². The molecule has 1 rings (SSSR count). The molecule has 21 heavy (non-hydrogen) atoms. The number of halogens is 2. The van der Waals surface area contributed by atoms with E-state index in [1.165, 1.54) is 11.0 Å². The van der Waals surface area contributed by atoms with E-state index in [0.29, 0.717) is 32.4 Å². The normalized spacial score (nSPS) is 25.1. The number of nitrogens with zero attached hydrogens (tertiary/aromatic N) is 1. The van der Waals surface area contributed by atoms with Crippen LogP contribution in [0.5, 0.6) is 0 Å². The van der Waals surface area contributed by atoms with E-state index < -0.39 is 29.5 Å². The van der Waals surface area contributed by atoms with E-state index in [0.717, 1.165) is 6.42 Å². The Hall–Kier alpha value is -1.43. The minimum atomic E-state index is -2.07. The van der Waals surface area contributed by atoms with Gasteiger partial charge in [0.1, 0.15) is 0 Å². The van der Waals surface area contributed by atoms with Gasteiger partial charge in [-0.05, 0) is 26.7 Å². The fourth-order valence-corrected chi connectivity index (χ4v) is 2.67. The maximum atomic E-state index is 13.2. The molecule has 0 radical (unpaired) electrons. The van der Waals surface area contributed by atoms with Crippen LogP contribution in [0.25, 0.3) is 0 Å². The van der Waals surface area contributed by atoms with Gasteiger partial charge in [-0.25, -0.2) is 4.79 Å². The number of carbonyl (C=O) groups is 1. The molecule has 0 aliphatic heterocycles. The molecule has 1 saturated carbocycles. The van der Waals surface area contributed by atoms with Gasteiger partial charge in [-0.2, -0.15) is 8.78 Å². The van der Waals surface area contributed by atoms with Crippen LogP contribution in [0.3, 0.4) is 0 Å². The van der Waals surface area contributed by atoms with Crippen LogP contribution in [-0.2, 0) is 4.74 Å². The molecular weight excluding hydrogens is 280 g/mol. The fourth-order valence-electron chi connectivity index (χ4n) is 2.67. The number of rotatable bonds is 5. The van der Waals surface area contributed by atoms with Crippen molar-refractivity contribution in [1.82, 2.24) is 4.90 Å². The number of hydrogen-bond acceptors (Lipinski definition) is 3. The van der Waals surface area contributed by atoms with Crippen molar-refractivity contribution < 1.29 is 23.4 Å². The molecular formula is C15H23F2NO3. The molecule has 1 aliphatic carbocycles. The highest BCUT2D eigenvalue weighted by molar-refractivity contribution is 5.68. The van der Waals surface area contributed by atoms with E-state index in [2.05, 4.69) is 6.58 Å². The molecule has 0 aromatic heterocycles. The van der Waals surface area contributed by atoms with Crippen molar-refractivity contribution in [2.45, 2.75) is 45.1 Å². The monoisotopic (exact) mass is 303 g/mol. The first-order valence-corrected chi connectivity index (χ1v) is 7.27. The summed E-state index contributed by atoms with van der Waals surface area (Å²) in [5.41, 5.74) is -1.46. The zero-order chi connectivity index (χ0) is 16.0. The maximum absolute atomic E-state index is 13.2. The molecule has 4 nitrogen and oxygen atoms in total. The predicted molar refractivity (Wildman–Crippen MR) is 75.7 cm³/mol. The number of aliphatic hydroxyl groups is 1. The summed E-state index contributed by atoms with van der Waals surface area (Å²) in [5.74, 6) is -1.66. The average molecular weight is 303 g/mol. The van der Waals surface area contributed by atoms with Crippen molar-refractivity contribution in [3.8, 4) is 0 Å². The number of amides is 1. The highest BCUT2D eigenvalue weighted by atomic mass is 19.3. The number of carbonyl (C=O) groups excluding carboxylic acids is 1. The van der Waals surface area contributed by atoms with E-state index in [1.54, 1.807) is 13.8 Å². The fraction of sp³-hybridized carbons (Fsp3) is 0.667. The average Bonchev–Trinajstić information content (AvgIpc) is 2.46. The molecule has 6 heteroatoms. The lowest BCUT2D eigenvalue weighted by Gasteiger charge is -2.38. The standard InChI is InChI=1S/C15H23F2NO3/c1-4-15(20)10-8-7-9-11(15)12(13(16)17)21-14(19)18(5-2)6-3/h4,11,20H,1,5-10H2,2-3H3/t11-,15-/m0/s1. The lowest BCUT2D eigenvalue weighted by atomic mass is 9.74. The summed E-state index contributed by atoms with van der Waals surface area (Å²) in [4.78, 5) is 13.2. The van der Waals surface area contributed by atoms with Crippen molar-refractivity contribution >= 4 is 6.09 Å². The minimum Gasteiger partial charge on any atom is -0.409 e. The van der Waals surface area contributed by atoms with Gasteiger partial charge in [0.2, 0.25) is 0 Å². The van der Waals surface area contributed by atoms with Gasteiger partial charge in [-0.15, -0.1) is 6.58 Å². The molecule has 0 unspecified atom stereocenters. The van der Waals surface area contributed by atoms with Crippen LogP contribution in [0.15, 0.2) is 24.5 Å². The summed E-state index contributed by atoms with van der Waals surface area (Å²) in [7, 11) is 0. The summed E-state index contributed by atoms with van der Waals surface area (Å²) in [6.45, 7) is 7.74. The topological polar surface area (TPSA) is 49.8 Å². The minimum absolute atomic E-state index is 0.334. The summed E-state index contributed by atoms with van der Waals surface area (Å²) < 4.78 is 31.4. The Balaban J connectivity index is 3.00. The Labute approximate surface area is 124 Å². The van der Waals surface area contributed by atoms with Gasteiger partial charge in [0.15, 0.2) is 5.76 Å². The predicted octanol–water partition coefficient (Wildman–Crippen LogP) is 3.68. The third-order valence-corrected chi connectivity index (χ3v) is 4.00. The maximum Gasteiger partial charge on any atom is 0.415 e. The molecule has 1 aliphatic rings. The van der Waals surface area contributed by atoms with Crippen LogP contribution in [0.2, 0.25) is 0 Å². The molecule has 0 saturated heterocycles. The van der Waals surface area contributed by atoms with Crippen LogP contribution in [0.1, 0.15) is 39.5 Å². The highest BCUT2D eigenvalue weighted by Crippen LogP contribution is 2.41. The summed E-state index contributed by atoms with van der Waals surface area (Å²) in [6.07, 6.45) is 0.472. The Morgan fingerprint density at radius 1 is 1.43 bits per heavy atom. The van der Waals surface area contributed by atoms with Gasteiger partial charge in [-0.3, -0.25) is 0 Å². The summed E-state index contributed by atoms with van der Waals surface area (Å²) in [6, 6.07) is 0. The van der Waals surface area contributed by atoms with Crippen LogP contribution in [-0.4, -0.2) is 34.8 Å². The van der Waals surface area contributed by atoms with Crippen LogP contribution < -0.4 is 0 Å². The molecule has 0 aromatic rings. The Morgan fingerprint density at radius 3 is 2.52 bits per heavy atom. The molecule has 1 N–H and O–H groups in total. The Kier molecular flexibility index (Phi) is 6.33. The van der Waals surface area contributed by atoms with Crippen molar-refractivity contribution in [3.05, 3.63) is 24.5 Å². The number of ether oxygens (including phenoxy) is 1. The van der Waals surface area contributed by atoms with Gasteiger partial charge in [0, 0.05) is 13.1 Å². The van der Waals surface area contributed by atoms with Crippen molar-refractivity contribution in [2.24, 2.45) is 5.92 Å². The van der Waals surface area contributed by atoms with Crippen molar-refractivity contribution in [3.63, 3.8) is 0 Å². The van der Waals surface area contributed by atoms with Crippen molar-refractivity contribution in [1.29, 1.82) is 0 Å². The third-order valence-electron chi connectivity index (χ3n) is 4.00. The van der Waals surface area contributed by atoms with E-state index in [4.69, 9.17) is 4.74 Å². The Morgan fingerprint density at radius 2 is 2.05 bits per heavy atom. The molecule has 1 fully saturated rings. The lowest BCUT2D eigenvalue weighted by molar-refractivity contribution is -0.0134. The van der Waals surface area contributed by atoms with Gasteiger partial charge in [-0.1, -0.05) is 18.9 Å². The van der Waals surface area contributed by atoms with Crippen LogP contribution in [0, 0.1) is 5.92 Å². The molecule has 0 aromatic carbocycles. The Bertz CT molecular complexity index is 417. The van der Waals surface area contributed by atoms with E-state index in [1.807, 2.05) is 0 Å². The largest absolute Gasteiger partial charge is 0.415 e. The lowest BCUT2D eigenvalue weighted by Crippen LogP contribution is -2.42. The van der Waals surface area contributed by atoms with E-state index in [9.17, 15) is 18.7 Å². The summed E-state index contributed by atoms with van der Waals surface area (Å²) in [5, 5.41) is 10.4. The van der Waals surface area contributed by atoms with Gasteiger partial charge < -0.3 is 14.7 Å². The molecule has 0 spiro atoms. The zero-order valence-corrected chi connectivity index (χ0v) is 12.6. The van der Waals surface area contributed by atoms with E-state index in [-0.39, 0.29) is 0 Å². The second-order valence-electron chi connectivity index (χ2n) is 5.16. The third kappa shape index (κ3) is 4.03. The number of hydrogen-bond donors (Lipinski definition) is 1. The quantitative estimate of drug-likeness (QED) is 0.622. The van der Waals surface area contributed by atoms with Crippen LogP contribution >= 0.6 is 0 Å². The van der Waals surface area contributed by atoms with Gasteiger partial charge in [0.05, 0.1) is 11.5 Å². The second-order valence-corrected chi connectivity index (χ2v) is 5.16. The first-order chi connectivity index (χ1) is 9.89. The second kappa shape index (κ2) is 7.54. The van der Waals surface area contributed by atoms with Gasteiger partial charge >= 0.3 is 12.2 Å². The first-order valence-electron chi connectivity index (χ1n) is 7.27. The highest BCUT2D eigenvalue weighted by Gasteiger charge is 2.42.